The molecule has 0 aromatic carbocycles. The molecule has 92 valence electrons. The van der Waals surface area contributed by atoms with Gasteiger partial charge in [0, 0.05) is 18.6 Å². The van der Waals surface area contributed by atoms with Crippen LogP contribution in [0.4, 0.5) is 0 Å². The molecule has 0 aliphatic carbocycles. The van der Waals surface area contributed by atoms with Gasteiger partial charge in [-0.1, -0.05) is 19.8 Å². The molecule has 0 saturated carbocycles. The second-order valence-electron chi connectivity index (χ2n) is 4.04. The molecule has 0 aromatic heterocycles. The largest absolute Gasteiger partial charge is 0.396 e. The summed E-state index contributed by atoms with van der Waals surface area (Å²) in [5, 5.41) is 26.6. The van der Waals surface area contributed by atoms with Crippen LogP contribution in [0.25, 0.3) is 0 Å². The second-order valence-corrected chi connectivity index (χ2v) is 4.04. The first kappa shape index (κ1) is 14.8. The number of hydrogen-bond donors (Lipinski definition) is 3. The average Bonchev–Trinajstić information content (AvgIpc) is 2.19. The summed E-state index contributed by atoms with van der Waals surface area (Å²) in [4.78, 5) is 0. The van der Waals surface area contributed by atoms with E-state index in [1.54, 1.807) is 0 Å². The highest BCUT2D eigenvalue weighted by Gasteiger charge is 2.26. The van der Waals surface area contributed by atoms with Crippen LogP contribution in [0.2, 0.25) is 0 Å². The zero-order chi connectivity index (χ0) is 11.6. The number of ether oxygens (including phenoxy) is 1. The Labute approximate surface area is 91.9 Å². The van der Waals surface area contributed by atoms with Crippen molar-refractivity contribution in [2.75, 3.05) is 33.0 Å². The Hall–Kier alpha value is -0.160. The summed E-state index contributed by atoms with van der Waals surface area (Å²) in [6, 6.07) is 0. The quantitative estimate of drug-likeness (QED) is 0.611. The maximum absolute atomic E-state index is 8.88. The summed E-state index contributed by atoms with van der Waals surface area (Å²) in [5.74, 6) is 0. The van der Waals surface area contributed by atoms with Crippen LogP contribution in [-0.4, -0.2) is 48.4 Å². The minimum Gasteiger partial charge on any atom is -0.396 e. The molecule has 1 aliphatic rings. The first-order valence-electron chi connectivity index (χ1n) is 5.65. The van der Waals surface area contributed by atoms with Crippen molar-refractivity contribution in [2.45, 2.75) is 32.6 Å². The van der Waals surface area contributed by atoms with Crippen LogP contribution in [0.3, 0.4) is 0 Å². The second kappa shape index (κ2) is 9.09. The molecule has 0 amide bonds. The lowest BCUT2D eigenvalue weighted by molar-refractivity contribution is -0.00197. The third kappa shape index (κ3) is 6.10. The van der Waals surface area contributed by atoms with Crippen LogP contribution in [0.5, 0.6) is 0 Å². The van der Waals surface area contributed by atoms with Gasteiger partial charge in [0.2, 0.25) is 0 Å². The van der Waals surface area contributed by atoms with Crippen molar-refractivity contribution in [3.63, 3.8) is 0 Å². The SMILES string of the molecule is C1COC1.CCCCC(CO)(CO)CO. The van der Waals surface area contributed by atoms with E-state index in [2.05, 4.69) is 0 Å². The molecule has 0 spiro atoms. The highest BCUT2D eigenvalue weighted by atomic mass is 16.5. The Morgan fingerprint density at radius 3 is 1.67 bits per heavy atom. The maximum Gasteiger partial charge on any atom is 0.0531 e. The van der Waals surface area contributed by atoms with E-state index in [9.17, 15) is 0 Å². The number of aliphatic hydroxyl groups is 3. The fraction of sp³-hybridized carbons (Fsp3) is 1.00. The van der Waals surface area contributed by atoms with Crippen molar-refractivity contribution in [2.24, 2.45) is 5.41 Å². The minimum atomic E-state index is -0.657. The lowest BCUT2D eigenvalue weighted by atomic mass is 9.85. The number of rotatable bonds is 6. The van der Waals surface area contributed by atoms with E-state index in [0.29, 0.717) is 6.42 Å². The van der Waals surface area contributed by atoms with E-state index in [0.717, 1.165) is 26.1 Å². The fourth-order valence-electron chi connectivity index (χ4n) is 1.08. The van der Waals surface area contributed by atoms with Gasteiger partial charge < -0.3 is 20.1 Å². The fourth-order valence-corrected chi connectivity index (χ4v) is 1.08. The molecule has 4 heteroatoms. The Morgan fingerprint density at radius 2 is 1.47 bits per heavy atom. The van der Waals surface area contributed by atoms with Crippen LogP contribution < -0.4 is 0 Å². The molecule has 4 nitrogen and oxygen atoms in total. The Bertz CT molecular complexity index is 118. The summed E-state index contributed by atoms with van der Waals surface area (Å²) in [6.45, 7) is 3.62. The molecule has 0 bridgehead atoms. The molecular formula is C11H24O4. The van der Waals surface area contributed by atoms with Crippen LogP contribution in [0.1, 0.15) is 32.6 Å². The lowest BCUT2D eigenvalue weighted by Gasteiger charge is -2.26. The van der Waals surface area contributed by atoms with Gasteiger partial charge in [0.15, 0.2) is 0 Å². The van der Waals surface area contributed by atoms with Gasteiger partial charge in [0.1, 0.15) is 0 Å². The zero-order valence-corrected chi connectivity index (χ0v) is 9.61. The monoisotopic (exact) mass is 220 g/mol. The van der Waals surface area contributed by atoms with Crippen molar-refractivity contribution in [3.8, 4) is 0 Å². The van der Waals surface area contributed by atoms with Gasteiger partial charge in [0.05, 0.1) is 19.8 Å². The van der Waals surface area contributed by atoms with Crippen molar-refractivity contribution >= 4 is 0 Å². The Balaban J connectivity index is 0.000000401. The van der Waals surface area contributed by atoms with E-state index in [1.165, 1.54) is 6.42 Å². The highest BCUT2D eigenvalue weighted by Crippen LogP contribution is 2.22. The first-order chi connectivity index (χ1) is 7.24. The number of unbranched alkanes of at least 4 members (excludes halogenated alkanes) is 1. The highest BCUT2D eigenvalue weighted by molar-refractivity contribution is 4.76. The molecule has 0 atom stereocenters. The standard InChI is InChI=1S/C8H18O3.C3H6O/c1-2-3-4-8(5-9,6-10)7-11;1-2-4-3-1/h9-11H,2-7H2,1H3;1-3H2. The van der Waals surface area contributed by atoms with Crippen molar-refractivity contribution < 1.29 is 20.1 Å². The van der Waals surface area contributed by atoms with Gasteiger partial charge in [-0.2, -0.15) is 0 Å². The summed E-state index contributed by atoms with van der Waals surface area (Å²) in [7, 11) is 0. The molecule has 0 aromatic rings. The number of aliphatic hydroxyl groups excluding tert-OH is 3. The molecule has 0 radical (unpaired) electrons. The van der Waals surface area contributed by atoms with Gasteiger partial charge in [-0.15, -0.1) is 0 Å². The molecule has 15 heavy (non-hydrogen) atoms. The van der Waals surface area contributed by atoms with E-state index in [1.807, 2.05) is 6.92 Å². The topological polar surface area (TPSA) is 69.9 Å². The Kier molecular flexibility index (Phi) is 9.00. The van der Waals surface area contributed by atoms with Crippen LogP contribution in [-0.2, 0) is 4.74 Å². The Morgan fingerprint density at radius 1 is 1.07 bits per heavy atom. The van der Waals surface area contributed by atoms with Crippen LogP contribution in [0, 0.1) is 5.41 Å². The molecule has 1 rings (SSSR count). The van der Waals surface area contributed by atoms with E-state index in [4.69, 9.17) is 20.1 Å². The molecule has 1 fully saturated rings. The van der Waals surface area contributed by atoms with Crippen molar-refractivity contribution in [1.29, 1.82) is 0 Å². The van der Waals surface area contributed by atoms with Gasteiger partial charge in [-0.05, 0) is 12.8 Å². The maximum atomic E-state index is 8.88. The van der Waals surface area contributed by atoms with Crippen molar-refractivity contribution in [3.05, 3.63) is 0 Å². The van der Waals surface area contributed by atoms with Gasteiger partial charge in [0.25, 0.3) is 0 Å². The third-order valence-electron chi connectivity index (χ3n) is 2.64. The van der Waals surface area contributed by atoms with E-state index >= 15 is 0 Å². The minimum absolute atomic E-state index is 0.139. The molecule has 3 N–H and O–H groups in total. The first-order valence-corrected chi connectivity index (χ1v) is 5.65. The molecule has 1 aliphatic heterocycles. The predicted octanol–water partition coefficient (Wildman–Crippen LogP) is 0.547. The summed E-state index contributed by atoms with van der Waals surface area (Å²) in [5.41, 5.74) is -0.657. The lowest BCUT2D eigenvalue weighted by Crippen LogP contribution is -2.33. The molecular weight excluding hydrogens is 196 g/mol. The number of hydrogen-bond acceptors (Lipinski definition) is 4. The van der Waals surface area contributed by atoms with Gasteiger partial charge in [-0.3, -0.25) is 0 Å². The summed E-state index contributed by atoms with van der Waals surface area (Å²) >= 11 is 0. The molecule has 1 heterocycles. The predicted molar refractivity (Wildman–Crippen MR) is 58.7 cm³/mol. The summed E-state index contributed by atoms with van der Waals surface area (Å²) in [6.07, 6.45) is 3.91. The summed E-state index contributed by atoms with van der Waals surface area (Å²) < 4.78 is 4.72. The molecule has 0 unspecified atom stereocenters. The smallest absolute Gasteiger partial charge is 0.0531 e. The van der Waals surface area contributed by atoms with Crippen LogP contribution in [0.15, 0.2) is 0 Å². The molecule has 1 saturated heterocycles. The normalized spacial score (nSPS) is 15.2. The third-order valence-corrected chi connectivity index (χ3v) is 2.64. The van der Waals surface area contributed by atoms with Crippen LogP contribution >= 0.6 is 0 Å². The average molecular weight is 220 g/mol. The van der Waals surface area contributed by atoms with Crippen molar-refractivity contribution in [1.82, 2.24) is 0 Å². The van der Waals surface area contributed by atoms with E-state index in [-0.39, 0.29) is 19.8 Å². The van der Waals surface area contributed by atoms with Gasteiger partial charge in [-0.25, -0.2) is 0 Å². The van der Waals surface area contributed by atoms with E-state index < -0.39 is 5.41 Å². The zero-order valence-electron chi connectivity index (χ0n) is 9.61. The van der Waals surface area contributed by atoms with Gasteiger partial charge >= 0.3 is 0 Å².